The minimum Gasteiger partial charge on any atom is -0.327 e. The van der Waals surface area contributed by atoms with E-state index in [1.54, 1.807) is 0 Å². The van der Waals surface area contributed by atoms with Crippen molar-refractivity contribution >= 4 is 11.6 Å². The standard InChI is InChI=1S/C26H24FN5O2/c1-18(33)30-24-10-8-20(9-11-24)21-4-2-5-22(12-21)23-6-3-7-25(13-23)31-17-29-32(26(31)34)16-19(14-27)15-28/h2-14,17H,15-16,28H2,1H3,(H,30,33)/b19-14+. The summed E-state index contributed by atoms with van der Waals surface area (Å²) in [6.45, 7) is 1.49. The molecule has 7 nitrogen and oxygen atoms in total. The van der Waals surface area contributed by atoms with Gasteiger partial charge in [-0.2, -0.15) is 5.10 Å². The molecule has 0 radical (unpaired) electrons. The van der Waals surface area contributed by atoms with Crippen molar-refractivity contribution in [1.29, 1.82) is 0 Å². The number of carbonyl (C=O) groups excluding carboxylic acids is 1. The molecule has 0 saturated carbocycles. The summed E-state index contributed by atoms with van der Waals surface area (Å²) in [5.41, 5.74) is 10.7. The van der Waals surface area contributed by atoms with Crippen LogP contribution in [-0.4, -0.2) is 26.8 Å². The Bertz CT molecular complexity index is 1400. The predicted octanol–water partition coefficient (Wildman–Crippen LogP) is 4.14. The van der Waals surface area contributed by atoms with Gasteiger partial charge in [-0.3, -0.25) is 4.79 Å². The maximum Gasteiger partial charge on any atom is 0.350 e. The molecule has 0 fully saturated rings. The van der Waals surface area contributed by atoms with Crippen molar-refractivity contribution in [2.24, 2.45) is 5.73 Å². The molecule has 3 aromatic carbocycles. The van der Waals surface area contributed by atoms with E-state index >= 15 is 0 Å². The summed E-state index contributed by atoms with van der Waals surface area (Å²) < 4.78 is 15.5. The fraction of sp³-hybridized carbons (Fsp3) is 0.115. The van der Waals surface area contributed by atoms with Crippen molar-refractivity contribution in [2.75, 3.05) is 11.9 Å². The van der Waals surface area contributed by atoms with E-state index in [0.717, 1.165) is 27.9 Å². The van der Waals surface area contributed by atoms with E-state index in [2.05, 4.69) is 16.5 Å². The van der Waals surface area contributed by atoms with Crippen LogP contribution in [0.25, 0.3) is 27.9 Å². The molecule has 34 heavy (non-hydrogen) atoms. The summed E-state index contributed by atoms with van der Waals surface area (Å²) in [5.74, 6) is -0.113. The van der Waals surface area contributed by atoms with Crippen molar-refractivity contribution in [1.82, 2.24) is 14.3 Å². The number of aromatic nitrogens is 3. The third kappa shape index (κ3) is 5.02. The smallest absolute Gasteiger partial charge is 0.327 e. The Morgan fingerprint density at radius 3 is 2.29 bits per heavy atom. The number of halogens is 1. The van der Waals surface area contributed by atoms with Crippen molar-refractivity contribution < 1.29 is 9.18 Å². The van der Waals surface area contributed by atoms with E-state index in [-0.39, 0.29) is 30.3 Å². The van der Waals surface area contributed by atoms with Crippen LogP contribution < -0.4 is 16.7 Å². The Labute approximate surface area is 196 Å². The molecule has 0 aliphatic rings. The van der Waals surface area contributed by atoms with Gasteiger partial charge in [-0.1, -0.05) is 42.5 Å². The zero-order valence-electron chi connectivity index (χ0n) is 18.6. The van der Waals surface area contributed by atoms with Gasteiger partial charge < -0.3 is 11.1 Å². The molecule has 1 amide bonds. The highest BCUT2D eigenvalue weighted by Crippen LogP contribution is 2.28. The molecule has 0 aliphatic carbocycles. The van der Waals surface area contributed by atoms with Gasteiger partial charge >= 0.3 is 5.69 Å². The lowest BCUT2D eigenvalue weighted by Gasteiger charge is -2.09. The number of nitrogens with two attached hydrogens (primary N) is 1. The second-order valence-electron chi connectivity index (χ2n) is 7.80. The van der Waals surface area contributed by atoms with Gasteiger partial charge in [0.1, 0.15) is 6.33 Å². The molecule has 172 valence electrons. The van der Waals surface area contributed by atoms with Crippen LogP contribution >= 0.6 is 0 Å². The van der Waals surface area contributed by atoms with Crippen LogP contribution in [0.1, 0.15) is 6.92 Å². The molecule has 0 atom stereocenters. The van der Waals surface area contributed by atoms with Crippen molar-refractivity contribution in [3.8, 4) is 27.9 Å². The number of nitrogens with zero attached hydrogens (tertiary/aromatic N) is 3. The Morgan fingerprint density at radius 1 is 1.00 bits per heavy atom. The van der Waals surface area contributed by atoms with Crippen LogP contribution in [0.3, 0.4) is 0 Å². The van der Waals surface area contributed by atoms with E-state index in [9.17, 15) is 14.0 Å². The van der Waals surface area contributed by atoms with Gasteiger partial charge in [0.05, 0.1) is 18.6 Å². The van der Waals surface area contributed by atoms with Crippen LogP contribution in [0.4, 0.5) is 10.1 Å². The van der Waals surface area contributed by atoms with Gasteiger partial charge in [0.25, 0.3) is 0 Å². The second kappa shape index (κ2) is 10.1. The van der Waals surface area contributed by atoms with Crippen LogP contribution in [0, 0.1) is 0 Å². The summed E-state index contributed by atoms with van der Waals surface area (Å²) in [6, 6.07) is 23.3. The number of hydrogen-bond donors (Lipinski definition) is 2. The summed E-state index contributed by atoms with van der Waals surface area (Å²) in [6.07, 6.45) is 1.83. The van der Waals surface area contributed by atoms with Gasteiger partial charge in [-0.05, 0) is 58.2 Å². The lowest BCUT2D eigenvalue weighted by molar-refractivity contribution is -0.114. The normalized spacial score (nSPS) is 11.4. The molecule has 0 spiro atoms. The van der Waals surface area contributed by atoms with E-state index < -0.39 is 0 Å². The molecule has 0 unspecified atom stereocenters. The van der Waals surface area contributed by atoms with Crippen LogP contribution in [-0.2, 0) is 11.3 Å². The van der Waals surface area contributed by atoms with Gasteiger partial charge in [0.15, 0.2) is 0 Å². The third-order valence-corrected chi connectivity index (χ3v) is 5.36. The minimum atomic E-state index is -0.377. The minimum absolute atomic E-state index is 0.00129. The SMILES string of the molecule is CC(=O)Nc1ccc(-c2cccc(-c3cccc(-n4cnn(C/C(=C/F)CN)c4=O)c3)c2)cc1. The van der Waals surface area contributed by atoms with Crippen LogP contribution in [0.15, 0.2) is 95.8 Å². The first-order chi connectivity index (χ1) is 16.5. The molecular weight excluding hydrogens is 433 g/mol. The number of rotatable bonds is 7. The maximum atomic E-state index is 12.9. The van der Waals surface area contributed by atoms with Crippen molar-refractivity contribution in [2.45, 2.75) is 13.5 Å². The number of anilines is 1. The van der Waals surface area contributed by atoms with Crippen molar-refractivity contribution in [3.05, 3.63) is 102 Å². The van der Waals surface area contributed by atoms with E-state index in [0.29, 0.717) is 12.0 Å². The first-order valence-electron chi connectivity index (χ1n) is 10.7. The number of benzene rings is 3. The molecule has 8 heteroatoms. The first-order valence-corrected chi connectivity index (χ1v) is 10.7. The second-order valence-corrected chi connectivity index (χ2v) is 7.80. The lowest BCUT2D eigenvalue weighted by Crippen LogP contribution is -2.25. The number of amides is 1. The molecule has 3 N–H and O–H groups in total. The highest BCUT2D eigenvalue weighted by Gasteiger charge is 2.10. The van der Waals surface area contributed by atoms with Crippen molar-refractivity contribution in [3.63, 3.8) is 0 Å². The Hall–Kier alpha value is -4.30. The number of carbonyl (C=O) groups is 1. The van der Waals surface area contributed by atoms with E-state index in [1.165, 1.54) is 22.5 Å². The average molecular weight is 458 g/mol. The van der Waals surface area contributed by atoms with Gasteiger partial charge in [0.2, 0.25) is 5.91 Å². The molecule has 1 aromatic heterocycles. The maximum absolute atomic E-state index is 12.9. The van der Waals surface area contributed by atoms with Gasteiger partial charge in [0, 0.05) is 19.2 Å². The first kappa shape index (κ1) is 22.9. The van der Waals surface area contributed by atoms with E-state index in [4.69, 9.17) is 5.73 Å². The summed E-state index contributed by atoms with van der Waals surface area (Å²) >= 11 is 0. The summed E-state index contributed by atoms with van der Waals surface area (Å²) in [5, 5.41) is 6.85. The Morgan fingerprint density at radius 2 is 1.65 bits per heavy atom. The lowest BCUT2D eigenvalue weighted by atomic mass is 9.98. The average Bonchev–Trinajstić information content (AvgIpc) is 3.22. The fourth-order valence-corrected chi connectivity index (χ4v) is 3.62. The molecule has 0 saturated heterocycles. The monoisotopic (exact) mass is 457 g/mol. The summed E-state index contributed by atoms with van der Waals surface area (Å²) in [7, 11) is 0. The molecule has 0 aliphatic heterocycles. The van der Waals surface area contributed by atoms with Crippen LogP contribution in [0.5, 0.6) is 0 Å². The fourth-order valence-electron chi connectivity index (χ4n) is 3.62. The zero-order chi connectivity index (χ0) is 24.1. The predicted molar refractivity (Wildman–Crippen MR) is 131 cm³/mol. The molecule has 0 bridgehead atoms. The molecular formula is C26H24FN5O2. The Kier molecular flexibility index (Phi) is 6.79. The zero-order valence-corrected chi connectivity index (χ0v) is 18.6. The topological polar surface area (TPSA) is 94.9 Å². The van der Waals surface area contributed by atoms with Crippen LogP contribution in [0.2, 0.25) is 0 Å². The number of hydrogen-bond acceptors (Lipinski definition) is 4. The molecule has 4 aromatic rings. The summed E-state index contributed by atoms with van der Waals surface area (Å²) in [4.78, 5) is 24.0. The molecule has 1 heterocycles. The quantitative estimate of drug-likeness (QED) is 0.436. The van der Waals surface area contributed by atoms with Gasteiger partial charge in [-0.25, -0.2) is 18.4 Å². The molecule has 4 rings (SSSR count). The van der Waals surface area contributed by atoms with E-state index in [1.807, 2.05) is 66.7 Å². The van der Waals surface area contributed by atoms with Gasteiger partial charge in [-0.15, -0.1) is 0 Å². The Balaban J connectivity index is 1.62. The third-order valence-electron chi connectivity index (χ3n) is 5.36. The highest BCUT2D eigenvalue weighted by molar-refractivity contribution is 5.89. The number of nitrogens with one attached hydrogen (secondary N) is 1. The largest absolute Gasteiger partial charge is 0.350 e. The highest BCUT2D eigenvalue weighted by atomic mass is 19.1.